The van der Waals surface area contributed by atoms with Gasteiger partial charge in [0.2, 0.25) is 0 Å². The zero-order valence-corrected chi connectivity index (χ0v) is 13.2. The van der Waals surface area contributed by atoms with E-state index in [0.717, 1.165) is 0 Å². The van der Waals surface area contributed by atoms with Crippen molar-refractivity contribution in [1.29, 1.82) is 0 Å². The van der Waals surface area contributed by atoms with Crippen LogP contribution < -0.4 is 4.90 Å². The van der Waals surface area contributed by atoms with Gasteiger partial charge in [-0.3, -0.25) is 0 Å². The molecule has 1 aromatic carbocycles. The maximum Gasteiger partial charge on any atom is 0.0552 e. The lowest BCUT2D eigenvalue weighted by molar-refractivity contribution is 0.288. The Morgan fingerprint density at radius 3 is 2.35 bits per heavy atom. The van der Waals surface area contributed by atoms with Crippen LogP contribution in [0.1, 0.15) is 40.2 Å². The van der Waals surface area contributed by atoms with E-state index < -0.39 is 0 Å². The maximum atomic E-state index is 2.60. The number of hydrogen-bond donors (Lipinski definition) is 0. The molecule has 0 saturated heterocycles. The molecule has 106 valence electrons. The Balaban J connectivity index is 2.25. The fourth-order valence-corrected chi connectivity index (χ4v) is 3.89. The predicted molar refractivity (Wildman–Crippen MR) is 87.3 cm³/mol. The van der Waals surface area contributed by atoms with Gasteiger partial charge in [-0.25, -0.2) is 0 Å². The zero-order chi connectivity index (χ0) is 14.5. The Hall–Kier alpha value is -1.50. The Morgan fingerprint density at radius 1 is 1.00 bits per heavy atom. The molecule has 0 amide bonds. The summed E-state index contributed by atoms with van der Waals surface area (Å²) in [6.07, 6.45) is 9.16. The number of rotatable bonds is 0. The monoisotopic (exact) mass is 267 g/mol. The highest BCUT2D eigenvalue weighted by Gasteiger charge is 2.46. The van der Waals surface area contributed by atoms with E-state index in [2.05, 4.69) is 88.1 Å². The van der Waals surface area contributed by atoms with Crippen LogP contribution in [-0.2, 0) is 5.41 Å². The fraction of sp³-hybridized carbons (Fsp3) is 0.474. The number of anilines is 1. The summed E-state index contributed by atoms with van der Waals surface area (Å²) in [7, 11) is 0. The van der Waals surface area contributed by atoms with Gasteiger partial charge >= 0.3 is 0 Å². The lowest BCUT2D eigenvalue weighted by Gasteiger charge is -2.55. The van der Waals surface area contributed by atoms with Crippen molar-refractivity contribution in [2.75, 3.05) is 4.90 Å². The van der Waals surface area contributed by atoms with Crippen molar-refractivity contribution >= 4 is 5.69 Å². The molecule has 0 fully saturated rings. The maximum absolute atomic E-state index is 2.60. The summed E-state index contributed by atoms with van der Waals surface area (Å²) in [4.78, 5) is 2.60. The van der Waals surface area contributed by atoms with Crippen LogP contribution in [-0.4, -0.2) is 11.6 Å². The predicted octanol–water partition coefficient (Wildman–Crippen LogP) is 4.69. The molecule has 0 bridgehead atoms. The van der Waals surface area contributed by atoms with E-state index in [0.29, 0.717) is 12.0 Å². The van der Waals surface area contributed by atoms with E-state index in [1.165, 1.54) is 11.3 Å². The van der Waals surface area contributed by atoms with Gasteiger partial charge in [0.25, 0.3) is 0 Å². The van der Waals surface area contributed by atoms with Gasteiger partial charge in [0.1, 0.15) is 0 Å². The van der Waals surface area contributed by atoms with E-state index in [4.69, 9.17) is 0 Å². The van der Waals surface area contributed by atoms with Crippen molar-refractivity contribution in [3.8, 4) is 0 Å². The number of hydrogen-bond acceptors (Lipinski definition) is 1. The SMILES string of the molecule is CC1(C)c2ccccc2N(C(C)(C)C)C2C=CC=CC21. The van der Waals surface area contributed by atoms with Crippen molar-refractivity contribution < 1.29 is 0 Å². The molecule has 2 atom stereocenters. The first-order valence-electron chi connectivity index (χ1n) is 7.57. The van der Waals surface area contributed by atoms with Crippen molar-refractivity contribution in [3.63, 3.8) is 0 Å². The normalized spacial score (nSPS) is 27.1. The third-order valence-corrected chi connectivity index (χ3v) is 4.82. The minimum atomic E-state index is 0.116. The molecule has 1 heteroatoms. The molecule has 3 rings (SSSR count). The van der Waals surface area contributed by atoms with Gasteiger partial charge in [-0.2, -0.15) is 0 Å². The average Bonchev–Trinajstić information content (AvgIpc) is 2.38. The van der Waals surface area contributed by atoms with Crippen LogP contribution in [0.2, 0.25) is 0 Å². The lowest BCUT2D eigenvalue weighted by Crippen LogP contribution is -2.58. The molecule has 1 nitrogen and oxygen atoms in total. The van der Waals surface area contributed by atoms with Crippen LogP contribution in [0.25, 0.3) is 0 Å². The van der Waals surface area contributed by atoms with Gasteiger partial charge in [-0.05, 0) is 32.4 Å². The van der Waals surface area contributed by atoms with Gasteiger partial charge in [-0.1, -0.05) is 56.4 Å². The molecule has 0 aromatic heterocycles. The quantitative estimate of drug-likeness (QED) is 0.659. The Kier molecular flexibility index (Phi) is 2.86. The molecule has 0 spiro atoms. The highest BCUT2D eigenvalue weighted by Crippen LogP contribution is 2.49. The van der Waals surface area contributed by atoms with E-state index in [-0.39, 0.29) is 11.0 Å². The molecular weight excluding hydrogens is 242 g/mol. The molecule has 0 radical (unpaired) electrons. The van der Waals surface area contributed by atoms with Crippen LogP contribution in [0.5, 0.6) is 0 Å². The summed E-state index contributed by atoms with van der Waals surface area (Å²) in [5, 5.41) is 0. The highest BCUT2D eigenvalue weighted by molar-refractivity contribution is 5.64. The molecule has 2 aliphatic rings. The standard InChI is InChI=1S/C19H25N/c1-18(2,3)20-16-12-8-6-10-14(16)19(4,5)15-11-7-9-13-17(15)20/h6-14,16H,1-5H3. The number of nitrogens with zero attached hydrogens (tertiary/aromatic N) is 1. The minimum absolute atomic E-state index is 0.116. The third kappa shape index (κ3) is 1.83. The summed E-state index contributed by atoms with van der Waals surface area (Å²) in [6.45, 7) is 11.7. The van der Waals surface area contributed by atoms with Crippen molar-refractivity contribution in [1.82, 2.24) is 0 Å². The van der Waals surface area contributed by atoms with Crippen molar-refractivity contribution in [2.24, 2.45) is 5.92 Å². The zero-order valence-electron chi connectivity index (χ0n) is 13.2. The fourth-order valence-electron chi connectivity index (χ4n) is 3.89. The molecule has 2 unspecified atom stereocenters. The molecule has 20 heavy (non-hydrogen) atoms. The molecular formula is C19H25N. The third-order valence-electron chi connectivity index (χ3n) is 4.82. The Labute approximate surface area is 123 Å². The van der Waals surface area contributed by atoms with Crippen LogP contribution in [0.4, 0.5) is 5.69 Å². The summed E-state index contributed by atoms with van der Waals surface area (Å²) < 4.78 is 0. The first-order valence-corrected chi connectivity index (χ1v) is 7.57. The van der Waals surface area contributed by atoms with E-state index in [9.17, 15) is 0 Å². The van der Waals surface area contributed by atoms with E-state index in [1.807, 2.05) is 0 Å². The van der Waals surface area contributed by atoms with Gasteiger partial charge in [-0.15, -0.1) is 0 Å². The molecule has 0 saturated carbocycles. The number of para-hydroxylation sites is 1. The van der Waals surface area contributed by atoms with Crippen LogP contribution >= 0.6 is 0 Å². The lowest BCUT2D eigenvalue weighted by atomic mass is 9.64. The summed E-state index contributed by atoms with van der Waals surface area (Å²) >= 11 is 0. The van der Waals surface area contributed by atoms with Crippen LogP contribution in [0.3, 0.4) is 0 Å². The summed E-state index contributed by atoms with van der Waals surface area (Å²) in [5.41, 5.74) is 3.15. The Morgan fingerprint density at radius 2 is 1.65 bits per heavy atom. The highest BCUT2D eigenvalue weighted by atomic mass is 15.2. The topological polar surface area (TPSA) is 3.24 Å². The summed E-state index contributed by atoms with van der Waals surface area (Å²) in [6, 6.07) is 9.37. The smallest absolute Gasteiger partial charge is 0.0552 e. The second-order valence-electron chi connectivity index (χ2n) is 7.57. The second kappa shape index (κ2) is 4.25. The Bertz CT molecular complexity index is 572. The molecule has 1 aliphatic heterocycles. The van der Waals surface area contributed by atoms with E-state index in [1.54, 1.807) is 0 Å². The molecule has 1 aliphatic carbocycles. The molecule has 1 heterocycles. The van der Waals surface area contributed by atoms with Gasteiger partial charge in [0, 0.05) is 22.6 Å². The van der Waals surface area contributed by atoms with Crippen LogP contribution in [0, 0.1) is 5.92 Å². The molecule has 0 N–H and O–H groups in total. The number of allylic oxidation sites excluding steroid dienone is 2. The minimum Gasteiger partial charge on any atom is -0.359 e. The van der Waals surface area contributed by atoms with Crippen molar-refractivity contribution in [3.05, 3.63) is 54.1 Å². The van der Waals surface area contributed by atoms with Crippen LogP contribution in [0.15, 0.2) is 48.6 Å². The van der Waals surface area contributed by atoms with E-state index >= 15 is 0 Å². The van der Waals surface area contributed by atoms with Gasteiger partial charge in [0.05, 0.1) is 6.04 Å². The second-order valence-corrected chi connectivity index (χ2v) is 7.57. The largest absolute Gasteiger partial charge is 0.359 e. The van der Waals surface area contributed by atoms with Crippen molar-refractivity contribution in [2.45, 2.75) is 51.6 Å². The average molecular weight is 267 g/mol. The van der Waals surface area contributed by atoms with Gasteiger partial charge < -0.3 is 4.90 Å². The number of benzene rings is 1. The summed E-state index contributed by atoms with van der Waals surface area (Å²) in [5.74, 6) is 0.529. The molecule has 1 aromatic rings. The number of fused-ring (bicyclic) bond motifs is 2. The first-order chi connectivity index (χ1) is 9.33. The first kappa shape index (κ1) is 13.5. The van der Waals surface area contributed by atoms with Gasteiger partial charge in [0.15, 0.2) is 0 Å².